The average molecular weight is 357 g/mol. The quantitative estimate of drug-likeness (QED) is 0.493. The van der Waals surface area contributed by atoms with Crippen molar-refractivity contribution in [2.75, 3.05) is 0 Å². The zero-order chi connectivity index (χ0) is 13.8. The van der Waals surface area contributed by atoms with Crippen LogP contribution in [0.3, 0.4) is 0 Å². The first-order valence-electron chi connectivity index (χ1n) is 5.43. The number of nitrogens with two attached hydrogens (primary N) is 1. The van der Waals surface area contributed by atoms with E-state index in [1.807, 2.05) is 18.2 Å². The van der Waals surface area contributed by atoms with Crippen LogP contribution in [0.25, 0.3) is 0 Å². The lowest BCUT2D eigenvalue weighted by molar-refractivity contribution is 1.12. The Balaban J connectivity index is 2.07. The zero-order valence-corrected chi connectivity index (χ0v) is 13.0. The molecule has 0 saturated carbocycles. The van der Waals surface area contributed by atoms with Crippen molar-refractivity contribution in [2.45, 2.75) is 10.8 Å². The molecule has 0 saturated heterocycles. The summed E-state index contributed by atoms with van der Waals surface area (Å²) in [6, 6.07) is 9.32. The van der Waals surface area contributed by atoms with Gasteiger partial charge < -0.3 is 5.73 Å². The molecule has 1 aromatic carbocycles. The summed E-state index contributed by atoms with van der Waals surface area (Å²) in [5, 5.41) is 8.92. The van der Waals surface area contributed by atoms with Crippen LogP contribution >= 0.6 is 39.3 Å². The highest BCUT2D eigenvalue weighted by Gasteiger charge is 2.05. The van der Waals surface area contributed by atoms with E-state index in [0.717, 1.165) is 20.8 Å². The Morgan fingerprint density at radius 3 is 2.74 bits per heavy atom. The van der Waals surface area contributed by atoms with E-state index in [-0.39, 0.29) is 5.84 Å². The Kier molecular flexibility index (Phi) is 4.85. The number of hydrogen-bond acceptors (Lipinski definition) is 3. The Morgan fingerprint density at radius 2 is 2.16 bits per heavy atom. The Hall–Kier alpha value is -1.04. The molecule has 0 fully saturated rings. The van der Waals surface area contributed by atoms with Gasteiger partial charge in [0.2, 0.25) is 0 Å². The predicted octanol–water partition coefficient (Wildman–Crippen LogP) is 4.07. The highest BCUT2D eigenvalue weighted by Crippen LogP contribution is 2.26. The second-order valence-corrected chi connectivity index (χ2v) is 6.14. The van der Waals surface area contributed by atoms with Gasteiger partial charge in [-0.1, -0.05) is 23.7 Å². The van der Waals surface area contributed by atoms with Crippen molar-refractivity contribution in [3.8, 4) is 0 Å². The van der Waals surface area contributed by atoms with E-state index in [1.165, 1.54) is 0 Å². The molecule has 1 aromatic heterocycles. The fourth-order valence-corrected chi connectivity index (χ4v) is 2.84. The highest BCUT2D eigenvalue weighted by atomic mass is 79.9. The molecule has 0 atom stereocenters. The molecule has 0 amide bonds. The van der Waals surface area contributed by atoms with Gasteiger partial charge in [-0.15, -0.1) is 11.8 Å². The van der Waals surface area contributed by atoms with E-state index >= 15 is 0 Å². The smallest absolute Gasteiger partial charge is 0.122 e. The third-order valence-corrected chi connectivity index (χ3v) is 4.25. The van der Waals surface area contributed by atoms with Crippen molar-refractivity contribution < 1.29 is 0 Å². The van der Waals surface area contributed by atoms with Gasteiger partial charge in [0, 0.05) is 27.0 Å². The highest BCUT2D eigenvalue weighted by molar-refractivity contribution is 9.10. The topological polar surface area (TPSA) is 62.8 Å². The molecule has 2 rings (SSSR count). The summed E-state index contributed by atoms with van der Waals surface area (Å²) in [5.41, 5.74) is 7.06. The molecule has 3 nitrogen and oxygen atoms in total. The Labute approximate surface area is 129 Å². The van der Waals surface area contributed by atoms with Crippen LogP contribution in [-0.4, -0.2) is 10.8 Å². The van der Waals surface area contributed by atoms with Crippen LogP contribution in [0, 0.1) is 5.41 Å². The molecular formula is C13H11BrClN3S. The molecule has 2 aromatic rings. The van der Waals surface area contributed by atoms with Crippen molar-refractivity contribution in [1.29, 1.82) is 5.41 Å². The number of nitrogen functional groups attached to an aromatic ring is 1. The molecule has 0 spiro atoms. The van der Waals surface area contributed by atoms with E-state index in [1.54, 1.807) is 30.1 Å². The number of amidine groups is 1. The van der Waals surface area contributed by atoms with Crippen LogP contribution < -0.4 is 5.73 Å². The summed E-state index contributed by atoms with van der Waals surface area (Å²) in [6.07, 6.45) is 1.77. The van der Waals surface area contributed by atoms with Gasteiger partial charge in [0.25, 0.3) is 0 Å². The zero-order valence-electron chi connectivity index (χ0n) is 9.86. The largest absolute Gasteiger partial charge is 0.384 e. The predicted molar refractivity (Wildman–Crippen MR) is 84.0 cm³/mol. The van der Waals surface area contributed by atoms with Crippen LogP contribution in [0.4, 0.5) is 0 Å². The number of aromatic nitrogens is 1. The fraction of sp³-hybridized carbons (Fsp3) is 0.0769. The van der Waals surface area contributed by atoms with Crippen LogP contribution in [-0.2, 0) is 5.75 Å². The number of nitrogens with zero attached hydrogens (tertiary/aromatic N) is 1. The van der Waals surface area contributed by atoms with Gasteiger partial charge in [-0.05, 0) is 39.7 Å². The normalized spacial score (nSPS) is 10.4. The van der Waals surface area contributed by atoms with Crippen LogP contribution in [0.15, 0.2) is 46.0 Å². The van der Waals surface area contributed by atoms with E-state index in [0.29, 0.717) is 10.6 Å². The molecule has 19 heavy (non-hydrogen) atoms. The van der Waals surface area contributed by atoms with E-state index < -0.39 is 0 Å². The number of benzene rings is 1. The molecule has 0 bridgehead atoms. The summed E-state index contributed by atoms with van der Waals surface area (Å²) in [4.78, 5) is 4.29. The minimum Gasteiger partial charge on any atom is -0.384 e. The number of halogens is 2. The molecule has 0 aliphatic carbocycles. The van der Waals surface area contributed by atoms with Crippen molar-refractivity contribution in [1.82, 2.24) is 4.98 Å². The Bertz CT molecular complexity index is 601. The van der Waals surface area contributed by atoms with Gasteiger partial charge in [-0.25, -0.2) is 4.98 Å². The number of pyridine rings is 1. The first kappa shape index (κ1) is 14.4. The van der Waals surface area contributed by atoms with Gasteiger partial charge in [-0.2, -0.15) is 0 Å². The average Bonchev–Trinajstić information content (AvgIpc) is 2.39. The molecule has 6 heteroatoms. The second kappa shape index (κ2) is 6.41. The third-order valence-electron chi connectivity index (χ3n) is 2.44. The maximum Gasteiger partial charge on any atom is 0.122 e. The number of thioether (sulfide) groups is 1. The van der Waals surface area contributed by atoms with Gasteiger partial charge in [0.05, 0.1) is 5.03 Å². The maximum absolute atomic E-state index is 7.36. The van der Waals surface area contributed by atoms with Crippen LogP contribution in [0.2, 0.25) is 5.02 Å². The molecular weight excluding hydrogens is 346 g/mol. The molecule has 1 heterocycles. The lowest BCUT2D eigenvalue weighted by Gasteiger charge is -2.06. The van der Waals surface area contributed by atoms with Gasteiger partial charge in [0.15, 0.2) is 0 Å². The van der Waals surface area contributed by atoms with Crippen molar-refractivity contribution >= 4 is 45.1 Å². The lowest BCUT2D eigenvalue weighted by Crippen LogP contribution is -2.10. The summed E-state index contributed by atoms with van der Waals surface area (Å²) in [6.45, 7) is 0. The summed E-state index contributed by atoms with van der Waals surface area (Å²) in [5.74, 6) is 0.752. The molecule has 3 N–H and O–H groups in total. The summed E-state index contributed by atoms with van der Waals surface area (Å²) >= 11 is 11.1. The number of nitrogens with one attached hydrogen (secondary N) is 1. The molecule has 98 valence electrons. The van der Waals surface area contributed by atoms with Crippen LogP contribution in [0.1, 0.15) is 11.1 Å². The van der Waals surface area contributed by atoms with E-state index in [4.69, 9.17) is 22.7 Å². The van der Waals surface area contributed by atoms with Crippen molar-refractivity contribution in [3.63, 3.8) is 0 Å². The SMILES string of the molecule is N=C(N)c1ccc(CSc2ccc(Br)cn2)c(Cl)c1. The Morgan fingerprint density at radius 1 is 1.37 bits per heavy atom. The molecule has 0 unspecified atom stereocenters. The van der Waals surface area contributed by atoms with Crippen LogP contribution in [0.5, 0.6) is 0 Å². The standard InChI is InChI=1S/C13H11BrClN3S/c14-10-3-4-12(18-6-10)19-7-9-2-1-8(13(16)17)5-11(9)15/h1-6H,7H2,(H3,16,17). The van der Waals surface area contributed by atoms with Gasteiger partial charge in [-0.3, -0.25) is 5.41 Å². The number of hydrogen-bond donors (Lipinski definition) is 2. The molecule has 0 aliphatic rings. The summed E-state index contributed by atoms with van der Waals surface area (Å²) < 4.78 is 0.959. The second-order valence-electron chi connectivity index (χ2n) is 3.82. The van der Waals surface area contributed by atoms with Gasteiger partial charge in [0.1, 0.15) is 5.84 Å². The number of rotatable bonds is 4. The first-order chi connectivity index (χ1) is 9.06. The molecule has 0 radical (unpaired) electrons. The van der Waals surface area contributed by atoms with Gasteiger partial charge >= 0.3 is 0 Å². The van der Waals surface area contributed by atoms with Crippen molar-refractivity contribution in [3.05, 3.63) is 57.2 Å². The monoisotopic (exact) mass is 355 g/mol. The minimum absolute atomic E-state index is 0.0238. The third kappa shape index (κ3) is 3.96. The fourth-order valence-electron chi connectivity index (χ4n) is 1.43. The lowest BCUT2D eigenvalue weighted by atomic mass is 10.1. The van der Waals surface area contributed by atoms with Crippen molar-refractivity contribution in [2.24, 2.45) is 5.73 Å². The molecule has 0 aliphatic heterocycles. The van der Waals surface area contributed by atoms with E-state index in [9.17, 15) is 0 Å². The summed E-state index contributed by atoms with van der Waals surface area (Å²) in [7, 11) is 0. The maximum atomic E-state index is 7.36. The van der Waals surface area contributed by atoms with E-state index in [2.05, 4.69) is 20.9 Å². The minimum atomic E-state index is 0.0238. The first-order valence-corrected chi connectivity index (χ1v) is 7.59.